The Kier molecular flexibility index (Phi) is 2.41. The van der Waals surface area contributed by atoms with Gasteiger partial charge in [0.05, 0.1) is 7.11 Å². The van der Waals surface area contributed by atoms with Crippen molar-refractivity contribution in [2.45, 2.75) is 0 Å². The summed E-state index contributed by atoms with van der Waals surface area (Å²) in [6.07, 6.45) is 1.13. The fourth-order valence-electron chi connectivity index (χ4n) is 1.30. The zero-order valence-corrected chi connectivity index (χ0v) is 8.30. The van der Waals surface area contributed by atoms with Crippen molar-refractivity contribution in [2.24, 2.45) is 9.98 Å². The number of methoxy groups -OCH3 is 1. The van der Waals surface area contributed by atoms with E-state index in [-0.39, 0.29) is 24.0 Å². The van der Waals surface area contributed by atoms with Crippen LogP contribution in [0, 0.1) is 0 Å². The second-order valence-corrected chi connectivity index (χ2v) is 2.93. The number of esters is 1. The second-order valence-electron chi connectivity index (χ2n) is 2.93. The Morgan fingerprint density at radius 2 is 2.38 bits per heavy atom. The van der Waals surface area contributed by atoms with Crippen molar-refractivity contribution < 1.29 is 19.4 Å². The average Bonchev–Trinajstić information content (AvgIpc) is 2.74. The minimum absolute atomic E-state index is 0.0846. The van der Waals surface area contributed by atoms with Crippen LogP contribution in [0.25, 0.3) is 0 Å². The number of rotatable bonds is 2. The summed E-state index contributed by atoms with van der Waals surface area (Å²) in [4.78, 5) is 29.9. The molecule has 84 valence electrons. The number of carboxylic acid groups (broad SMARTS) is 1. The van der Waals surface area contributed by atoms with E-state index < -0.39 is 11.9 Å². The Morgan fingerprint density at radius 1 is 1.62 bits per heavy atom. The van der Waals surface area contributed by atoms with Gasteiger partial charge < -0.3 is 9.84 Å². The highest BCUT2D eigenvalue weighted by Gasteiger charge is 2.31. The fraction of sp³-hybridized carbons (Fsp3) is 0.250. The predicted octanol–water partition coefficient (Wildman–Crippen LogP) is -1.28. The highest BCUT2D eigenvalue weighted by Crippen LogP contribution is 2.14. The molecule has 0 amide bonds. The maximum absolute atomic E-state index is 11.2. The van der Waals surface area contributed by atoms with Crippen LogP contribution >= 0.6 is 0 Å². The molecule has 2 aliphatic heterocycles. The molecule has 8 heteroatoms. The van der Waals surface area contributed by atoms with E-state index in [1.165, 1.54) is 12.1 Å². The number of aliphatic carboxylic acids is 1. The molecule has 0 bridgehead atoms. The summed E-state index contributed by atoms with van der Waals surface area (Å²) >= 11 is 0. The summed E-state index contributed by atoms with van der Waals surface area (Å²) in [5, 5.41) is 10.1. The van der Waals surface area contributed by atoms with Gasteiger partial charge in [0.1, 0.15) is 12.4 Å². The number of carboxylic acids is 1. The lowest BCUT2D eigenvalue weighted by Gasteiger charge is -2.21. The Labute approximate surface area is 89.9 Å². The quantitative estimate of drug-likeness (QED) is 0.566. The topological polar surface area (TPSA) is 104 Å². The number of hydrogen-bond acceptors (Lipinski definition) is 7. The van der Waals surface area contributed by atoms with Crippen LogP contribution in [0.2, 0.25) is 0 Å². The molecule has 16 heavy (non-hydrogen) atoms. The van der Waals surface area contributed by atoms with Crippen molar-refractivity contribution in [3.05, 3.63) is 11.8 Å². The molecule has 0 saturated heterocycles. The van der Waals surface area contributed by atoms with E-state index in [0.29, 0.717) is 0 Å². The predicted molar refractivity (Wildman–Crippen MR) is 52.4 cm³/mol. The monoisotopic (exact) mass is 224 g/mol. The molecule has 2 rings (SSSR count). The first-order chi connectivity index (χ1) is 7.63. The molecule has 2 N–H and O–H groups in total. The summed E-state index contributed by atoms with van der Waals surface area (Å²) in [6, 6.07) is 0. The molecule has 0 atom stereocenters. The molecule has 0 fully saturated rings. The summed E-state index contributed by atoms with van der Waals surface area (Å²) in [5.74, 6) is -1.74. The van der Waals surface area contributed by atoms with Crippen molar-refractivity contribution in [2.75, 3.05) is 13.8 Å². The van der Waals surface area contributed by atoms with Crippen LogP contribution in [-0.4, -0.2) is 47.5 Å². The van der Waals surface area contributed by atoms with Gasteiger partial charge in [-0.15, -0.1) is 0 Å². The maximum Gasteiger partial charge on any atom is 0.356 e. The highest BCUT2D eigenvalue weighted by molar-refractivity contribution is 6.44. The van der Waals surface area contributed by atoms with E-state index in [1.807, 2.05) is 0 Å². The summed E-state index contributed by atoms with van der Waals surface area (Å²) in [7, 11) is 1.19. The molecule has 2 heterocycles. The first-order valence-corrected chi connectivity index (χ1v) is 4.33. The molecule has 0 unspecified atom stereocenters. The smallest absolute Gasteiger partial charge is 0.356 e. The van der Waals surface area contributed by atoms with Crippen LogP contribution in [0.3, 0.4) is 0 Å². The number of nitrogens with one attached hydrogen (secondary N) is 1. The number of carbonyl (C=O) groups excluding carboxylic acids is 1. The lowest BCUT2D eigenvalue weighted by molar-refractivity contribution is -0.134. The molecular weight excluding hydrogens is 216 g/mol. The molecule has 8 nitrogen and oxygen atoms in total. The van der Waals surface area contributed by atoms with Gasteiger partial charge in [0.25, 0.3) is 0 Å². The molecular formula is C8H8N4O4. The Bertz CT molecular complexity index is 451. The highest BCUT2D eigenvalue weighted by atomic mass is 16.5. The molecule has 2 aliphatic rings. The van der Waals surface area contributed by atoms with E-state index in [9.17, 15) is 9.59 Å². The van der Waals surface area contributed by atoms with Gasteiger partial charge in [0.2, 0.25) is 5.96 Å². The van der Waals surface area contributed by atoms with Crippen molar-refractivity contribution in [1.29, 1.82) is 0 Å². The largest absolute Gasteiger partial charge is 0.477 e. The molecule has 0 aromatic heterocycles. The Balaban J connectivity index is 2.41. The van der Waals surface area contributed by atoms with E-state index in [1.54, 1.807) is 0 Å². The second kappa shape index (κ2) is 3.74. The van der Waals surface area contributed by atoms with Crippen LogP contribution in [0.4, 0.5) is 0 Å². The van der Waals surface area contributed by atoms with Gasteiger partial charge in [-0.1, -0.05) is 0 Å². The molecule has 0 spiro atoms. The average molecular weight is 224 g/mol. The SMILES string of the molecule is COC(=O)C1=NC2=NCNN2C(C(=O)O)=C1. The maximum atomic E-state index is 11.2. The molecule has 0 aromatic carbocycles. The molecule has 0 radical (unpaired) electrons. The summed E-state index contributed by atoms with van der Waals surface area (Å²) in [6.45, 7) is 0.220. The van der Waals surface area contributed by atoms with Crippen molar-refractivity contribution in [3.63, 3.8) is 0 Å². The van der Waals surface area contributed by atoms with Crippen molar-refractivity contribution in [1.82, 2.24) is 10.4 Å². The molecule has 0 aromatic rings. The van der Waals surface area contributed by atoms with Gasteiger partial charge in [-0.05, 0) is 0 Å². The fourth-order valence-corrected chi connectivity index (χ4v) is 1.30. The van der Waals surface area contributed by atoms with Crippen LogP contribution in [0.15, 0.2) is 21.8 Å². The van der Waals surface area contributed by atoms with Crippen LogP contribution in [-0.2, 0) is 14.3 Å². The lowest BCUT2D eigenvalue weighted by Crippen LogP contribution is -2.42. The van der Waals surface area contributed by atoms with Crippen LogP contribution in [0.5, 0.6) is 0 Å². The van der Waals surface area contributed by atoms with Crippen molar-refractivity contribution in [3.8, 4) is 0 Å². The Hall–Kier alpha value is -2.22. The van der Waals surface area contributed by atoms with Gasteiger partial charge in [-0.3, -0.25) is 0 Å². The number of hydrogen-bond donors (Lipinski definition) is 2. The van der Waals surface area contributed by atoms with Gasteiger partial charge in [-0.2, -0.15) is 0 Å². The number of nitrogens with zero attached hydrogens (tertiary/aromatic N) is 3. The van der Waals surface area contributed by atoms with E-state index in [2.05, 4.69) is 20.1 Å². The van der Waals surface area contributed by atoms with Crippen LogP contribution < -0.4 is 5.43 Å². The number of carbonyl (C=O) groups is 2. The van der Waals surface area contributed by atoms with Gasteiger partial charge in [-0.25, -0.2) is 30.0 Å². The zero-order valence-electron chi connectivity index (χ0n) is 8.30. The molecule has 0 aliphatic carbocycles. The number of aliphatic imine (C=N–C) groups is 2. The number of hydrazine groups is 1. The van der Waals surface area contributed by atoms with Crippen molar-refractivity contribution >= 4 is 23.6 Å². The van der Waals surface area contributed by atoms with Crippen LogP contribution in [0.1, 0.15) is 0 Å². The molecule has 0 saturated carbocycles. The standard InChI is InChI=1S/C8H8N4O4/c1-16-7(15)4-2-5(6(13)14)12-8(11-4)9-3-10-12/h2,10H,3H2,1H3,(H,13,14). The Morgan fingerprint density at radius 3 is 3.00 bits per heavy atom. The lowest BCUT2D eigenvalue weighted by atomic mass is 10.2. The van der Waals surface area contributed by atoms with Gasteiger partial charge in [0, 0.05) is 6.08 Å². The summed E-state index contributed by atoms with van der Waals surface area (Å²) < 4.78 is 4.47. The third-order valence-corrected chi connectivity index (χ3v) is 2.00. The van der Waals surface area contributed by atoms with E-state index in [4.69, 9.17) is 5.11 Å². The van der Waals surface area contributed by atoms with E-state index >= 15 is 0 Å². The summed E-state index contributed by atoms with van der Waals surface area (Å²) in [5.41, 5.74) is 2.49. The minimum atomic E-state index is -1.18. The number of guanidine groups is 1. The zero-order chi connectivity index (χ0) is 11.7. The van der Waals surface area contributed by atoms with E-state index in [0.717, 1.165) is 6.08 Å². The first kappa shape index (κ1) is 10.3. The normalized spacial score (nSPS) is 18.3. The van der Waals surface area contributed by atoms with Gasteiger partial charge >= 0.3 is 11.9 Å². The third kappa shape index (κ3) is 1.54. The van der Waals surface area contributed by atoms with Gasteiger partial charge in [0.15, 0.2) is 5.71 Å². The third-order valence-electron chi connectivity index (χ3n) is 2.00. The minimum Gasteiger partial charge on any atom is -0.477 e. The first-order valence-electron chi connectivity index (χ1n) is 4.33. The number of ether oxygens (including phenoxy) is 1. The number of fused-ring (bicyclic) bond motifs is 1.